The van der Waals surface area contributed by atoms with Crippen LogP contribution in [0.15, 0.2) is 48.5 Å². The molecule has 0 unspecified atom stereocenters. The summed E-state index contributed by atoms with van der Waals surface area (Å²) in [5.74, 6) is 0.177. The molecular weight excluding hydrogens is 322 g/mol. The standard InChI is InChI=1S/C16H18ClNO3S/c17-15-7-3-14(4-8-15)12-22(20,21)18-11-1-2-13-5-9-16(19)10-6-13/h3-10,18-19H,1-2,11-12H2. The van der Waals surface area contributed by atoms with Crippen molar-refractivity contribution in [2.75, 3.05) is 6.54 Å². The topological polar surface area (TPSA) is 66.4 Å². The van der Waals surface area contributed by atoms with Crippen molar-refractivity contribution >= 4 is 21.6 Å². The highest BCUT2D eigenvalue weighted by atomic mass is 35.5. The highest BCUT2D eigenvalue weighted by Gasteiger charge is 2.10. The van der Waals surface area contributed by atoms with Crippen LogP contribution in [0, 0.1) is 0 Å². The van der Waals surface area contributed by atoms with Crippen LogP contribution in [0.5, 0.6) is 5.75 Å². The SMILES string of the molecule is O=S(=O)(Cc1ccc(Cl)cc1)NCCCc1ccc(O)cc1. The number of hydrogen-bond donors (Lipinski definition) is 2. The van der Waals surface area contributed by atoms with Gasteiger partial charge in [-0.05, 0) is 48.2 Å². The van der Waals surface area contributed by atoms with Gasteiger partial charge in [0.1, 0.15) is 5.75 Å². The number of phenols is 1. The Bertz CT molecular complexity index is 697. The van der Waals surface area contributed by atoms with E-state index in [2.05, 4.69) is 4.72 Å². The normalized spacial score (nSPS) is 11.5. The van der Waals surface area contributed by atoms with E-state index in [1.54, 1.807) is 36.4 Å². The monoisotopic (exact) mass is 339 g/mol. The van der Waals surface area contributed by atoms with Crippen LogP contribution >= 0.6 is 11.6 Å². The zero-order valence-corrected chi connectivity index (χ0v) is 13.6. The Morgan fingerprint density at radius 3 is 2.18 bits per heavy atom. The molecule has 2 rings (SSSR count). The first kappa shape index (κ1) is 16.8. The fourth-order valence-electron chi connectivity index (χ4n) is 2.03. The number of phenolic OH excluding ortho intramolecular Hbond substituents is 1. The fourth-order valence-corrected chi connectivity index (χ4v) is 3.35. The number of hydrogen-bond acceptors (Lipinski definition) is 3. The van der Waals surface area contributed by atoms with Gasteiger partial charge in [0.2, 0.25) is 10.0 Å². The summed E-state index contributed by atoms with van der Waals surface area (Å²) in [6.45, 7) is 0.386. The summed E-state index contributed by atoms with van der Waals surface area (Å²) < 4.78 is 26.5. The number of aromatic hydroxyl groups is 1. The van der Waals surface area contributed by atoms with Gasteiger partial charge < -0.3 is 5.11 Å². The van der Waals surface area contributed by atoms with E-state index in [1.807, 2.05) is 12.1 Å². The van der Waals surface area contributed by atoms with E-state index in [-0.39, 0.29) is 11.5 Å². The first-order valence-electron chi connectivity index (χ1n) is 6.94. The summed E-state index contributed by atoms with van der Waals surface area (Å²) >= 11 is 5.77. The highest BCUT2D eigenvalue weighted by Crippen LogP contribution is 2.12. The zero-order valence-electron chi connectivity index (χ0n) is 12.0. The van der Waals surface area contributed by atoms with Gasteiger partial charge in [-0.3, -0.25) is 0 Å². The molecule has 0 bridgehead atoms. The van der Waals surface area contributed by atoms with Crippen molar-refractivity contribution in [1.82, 2.24) is 4.72 Å². The van der Waals surface area contributed by atoms with Crippen LogP contribution in [0.4, 0.5) is 0 Å². The van der Waals surface area contributed by atoms with E-state index in [1.165, 1.54) is 0 Å². The predicted molar refractivity (Wildman–Crippen MR) is 88.5 cm³/mol. The zero-order chi connectivity index (χ0) is 16.0. The van der Waals surface area contributed by atoms with E-state index >= 15 is 0 Å². The van der Waals surface area contributed by atoms with Crippen LogP contribution in [0.25, 0.3) is 0 Å². The average molecular weight is 340 g/mol. The molecule has 0 atom stereocenters. The van der Waals surface area contributed by atoms with Crippen molar-refractivity contribution in [2.24, 2.45) is 0 Å². The minimum atomic E-state index is -3.34. The number of halogens is 1. The summed E-state index contributed by atoms with van der Waals surface area (Å²) in [4.78, 5) is 0. The summed E-state index contributed by atoms with van der Waals surface area (Å²) in [5.41, 5.74) is 1.77. The molecule has 2 aromatic rings. The molecule has 0 fully saturated rings. The Hall–Kier alpha value is -1.56. The second kappa shape index (κ2) is 7.63. The first-order chi connectivity index (χ1) is 10.4. The third-order valence-corrected chi connectivity index (χ3v) is 4.78. The predicted octanol–water partition coefficient (Wildman–Crippen LogP) is 3.10. The largest absolute Gasteiger partial charge is 0.508 e. The van der Waals surface area contributed by atoms with Gasteiger partial charge in [0.25, 0.3) is 0 Å². The molecule has 118 valence electrons. The van der Waals surface area contributed by atoms with Crippen molar-refractivity contribution < 1.29 is 13.5 Å². The van der Waals surface area contributed by atoms with E-state index in [0.717, 1.165) is 12.0 Å². The first-order valence-corrected chi connectivity index (χ1v) is 8.97. The van der Waals surface area contributed by atoms with Crippen LogP contribution in [0.1, 0.15) is 17.5 Å². The second-order valence-corrected chi connectivity index (χ2v) is 7.29. The van der Waals surface area contributed by atoms with Gasteiger partial charge >= 0.3 is 0 Å². The third kappa shape index (κ3) is 5.67. The van der Waals surface area contributed by atoms with E-state index < -0.39 is 10.0 Å². The summed E-state index contributed by atoms with van der Waals surface area (Å²) in [6, 6.07) is 13.7. The molecule has 2 aromatic carbocycles. The van der Waals surface area contributed by atoms with Crippen molar-refractivity contribution in [3.05, 3.63) is 64.7 Å². The molecular formula is C16H18ClNO3S. The molecule has 6 heteroatoms. The van der Waals surface area contributed by atoms with Crippen LogP contribution in [-0.2, 0) is 22.2 Å². The van der Waals surface area contributed by atoms with Crippen molar-refractivity contribution in [2.45, 2.75) is 18.6 Å². The minimum absolute atomic E-state index is 0.0522. The number of sulfonamides is 1. The summed E-state index contributed by atoms with van der Waals surface area (Å²) in [5, 5.41) is 9.78. The second-order valence-electron chi connectivity index (χ2n) is 5.05. The average Bonchev–Trinajstić information content (AvgIpc) is 2.48. The smallest absolute Gasteiger partial charge is 0.215 e. The number of benzene rings is 2. The lowest BCUT2D eigenvalue weighted by Crippen LogP contribution is -2.26. The maximum atomic E-state index is 12.0. The molecule has 0 aliphatic rings. The lowest BCUT2D eigenvalue weighted by molar-refractivity contribution is 0.475. The number of rotatable bonds is 7. The lowest BCUT2D eigenvalue weighted by Gasteiger charge is -2.07. The summed E-state index contributed by atoms with van der Waals surface area (Å²) in [6.07, 6.45) is 1.45. The molecule has 0 saturated heterocycles. The molecule has 0 heterocycles. The van der Waals surface area contributed by atoms with Crippen LogP contribution in [-0.4, -0.2) is 20.1 Å². The molecule has 0 aliphatic carbocycles. The van der Waals surface area contributed by atoms with Crippen LogP contribution < -0.4 is 4.72 Å². The molecule has 0 aliphatic heterocycles. The van der Waals surface area contributed by atoms with Crippen molar-refractivity contribution in [3.63, 3.8) is 0 Å². The molecule has 0 aromatic heterocycles. The molecule has 0 spiro atoms. The summed E-state index contributed by atoms with van der Waals surface area (Å²) in [7, 11) is -3.34. The van der Waals surface area contributed by atoms with Gasteiger partial charge in [-0.15, -0.1) is 0 Å². The Morgan fingerprint density at radius 1 is 0.955 bits per heavy atom. The van der Waals surface area contributed by atoms with Crippen molar-refractivity contribution in [3.8, 4) is 5.75 Å². The number of nitrogens with one attached hydrogen (secondary N) is 1. The molecule has 0 amide bonds. The Balaban J connectivity index is 1.77. The van der Waals surface area contributed by atoms with E-state index in [4.69, 9.17) is 11.6 Å². The molecule has 0 saturated carbocycles. The molecule has 2 N–H and O–H groups in total. The maximum Gasteiger partial charge on any atom is 0.215 e. The number of aryl methyl sites for hydroxylation is 1. The Kier molecular flexibility index (Phi) is 5.83. The minimum Gasteiger partial charge on any atom is -0.508 e. The lowest BCUT2D eigenvalue weighted by atomic mass is 10.1. The van der Waals surface area contributed by atoms with Crippen LogP contribution in [0.2, 0.25) is 5.02 Å². The van der Waals surface area contributed by atoms with Crippen LogP contribution in [0.3, 0.4) is 0 Å². The van der Waals surface area contributed by atoms with Crippen molar-refractivity contribution in [1.29, 1.82) is 0 Å². The van der Waals surface area contributed by atoms with Gasteiger partial charge in [-0.1, -0.05) is 35.9 Å². The molecule has 0 radical (unpaired) electrons. The van der Waals surface area contributed by atoms with E-state index in [9.17, 15) is 13.5 Å². The van der Waals surface area contributed by atoms with E-state index in [0.29, 0.717) is 23.6 Å². The van der Waals surface area contributed by atoms with Gasteiger partial charge in [-0.25, -0.2) is 13.1 Å². The molecule has 22 heavy (non-hydrogen) atoms. The maximum absolute atomic E-state index is 12.0. The fraction of sp³-hybridized carbons (Fsp3) is 0.250. The third-order valence-electron chi connectivity index (χ3n) is 3.17. The highest BCUT2D eigenvalue weighted by molar-refractivity contribution is 7.88. The van der Waals surface area contributed by atoms with Gasteiger partial charge in [0, 0.05) is 11.6 Å². The van der Waals surface area contributed by atoms with Gasteiger partial charge in [-0.2, -0.15) is 0 Å². The quantitative estimate of drug-likeness (QED) is 0.762. The Labute approximate surface area is 135 Å². The molecule has 4 nitrogen and oxygen atoms in total. The van der Waals surface area contributed by atoms with Gasteiger partial charge in [0.15, 0.2) is 0 Å². The van der Waals surface area contributed by atoms with Gasteiger partial charge in [0.05, 0.1) is 5.75 Å². The Morgan fingerprint density at radius 2 is 1.55 bits per heavy atom.